The highest BCUT2D eigenvalue weighted by atomic mass is 16.5. The molecule has 1 unspecified atom stereocenters. The number of likely N-dealkylation sites (N-methyl/N-ethyl adjacent to an activating group) is 1. The normalized spacial score (nSPS) is 12.2. The smallest absolute Gasteiger partial charge is 0.122 e. The van der Waals surface area contributed by atoms with Gasteiger partial charge < -0.3 is 10.1 Å². The molecule has 0 spiro atoms. The highest BCUT2D eigenvalue weighted by Gasteiger charge is 2.10. The van der Waals surface area contributed by atoms with Crippen molar-refractivity contribution in [1.82, 2.24) is 5.32 Å². The number of nitrogens with one attached hydrogen (secondary N) is 1. The molecule has 1 atom stereocenters. The highest BCUT2D eigenvalue weighted by molar-refractivity contribution is 5.32. The second kappa shape index (κ2) is 7.11. The van der Waals surface area contributed by atoms with Crippen molar-refractivity contribution >= 4 is 0 Å². The molecule has 0 aliphatic rings. The molecule has 2 nitrogen and oxygen atoms in total. The maximum absolute atomic E-state index is 5.94. The number of rotatable bonds is 6. The summed E-state index contributed by atoms with van der Waals surface area (Å²) >= 11 is 0. The summed E-state index contributed by atoms with van der Waals surface area (Å²) in [5.74, 6) is 0.956. The van der Waals surface area contributed by atoms with Crippen LogP contribution >= 0.6 is 0 Å². The minimum Gasteiger partial charge on any atom is -0.491 e. The maximum Gasteiger partial charge on any atom is 0.122 e. The van der Waals surface area contributed by atoms with E-state index >= 15 is 0 Å². The minimum absolute atomic E-state index is 0.209. The van der Waals surface area contributed by atoms with Gasteiger partial charge in [0, 0.05) is 0 Å². The number of aryl methyl sites for hydroxylation is 2. The summed E-state index contributed by atoms with van der Waals surface area (Å²) in [7, 11) is 1.97. The Morgan fingerprint density at radius 2 is 1.75 bits per heavy atom. The Kier molecular flexibility index (Phi) is 5.19. The predicted molar refractivity (Wildman–Crippen MR) is 84.3 cm³/mol. The fraction of sp³-hybridized carbons (Fsp3) is 0.333. The highest BCUT2D eigenvalue weighted by Crippen LogP contribution is 2.20. The van der Waals surface area contributed by atoms with E-state index in [0.29, 0.717) is 6.61 Å². The van der Waals surface area contributed by atoms with Crippen molar-refractivity contribution in [3.8, 4) is 5.75 Å². The van der Waals surface area contributed by atoms with Crippen LogP contribution in [0.5, 0.6) is 5.75 Å². The van der Waals surface area contributed by atoms with Crippen LogP contribution in [0.25, 0.3) is 0 Å². The third kappa shape index (κ3) is 3.61. The molecule has 0 aliphatic carbocycles. The number of para-hydroxylation sites is 1. The van der Waals surface area contributed by atoms with Crippen LogP contribution in [-0.4, -0.2) is 13.7 Å². The molecule has 0 aromatic heterocycles. The average Bonchev–Trinajstić information content (AvgIpc) is 2.50. The van der Waals surface area contributed by atoms with Gasteiger partial charge in [-0.3, -0.25) is 0 Å². The van der Waals surface area contributed by atoms with Gasteiger partial charge in [-0.15, -0.1) is 0 Å². The minimum atomic E-state index is 0.209. The maximum atomic E-state index is 5.94. The molecule has 20 heavy (non-hydrogen) atoms. The number of hydrogen-bond donors (Lipinski definition) is 1. The van der Waals surface area contributed by atoms with Crippen molar-refractivity contribution in [1.29, 1.82) is 0 Å². The van der Waals surface area contributed by atoms with E-state index < -0.39 is 0 Å². The zero-order valence-corrected chi connectivity index (χ0v) is 12.5. The zero-order chi connectivity index (χ0) is 14.4. The molecule has 0 radical (unpaired) electrons. The standard InChI is InChI=1S/C18H23NO/c1-4-15-9-11-16(12-10-15)17(19-3)13-20-18-8-6-5-7-14(18)2/h5-12,17,19H,4,13H2,1-3H3. The molecule has 1 N–H and O–H groups in total. The molecule has 2 heteroatoms. The van der Waals surface area contributed by atoms with Gasteiger partial charge in [-0.25, -0.2) is 0 Å². The molecule has 2 rings (SSSR count). The van der Waals surface area contributed by atoms with Crippen LogP contribution in [0, 0.1) is 6.92 Å². The zero-order valence-electron chi connectivity index (χ0n) is 12.5. The lowest BCUT2D eigenvalue weighted by Gasteiger charge is -2.18. The van der Waals surface area contributed by atoms with E-state index in [0.717, 1.165) is 12.2 Å². The van der Waals surface area contributed by atoms with Gasteiger partial charge in [-0.05, 0) is 43.1 Å². The van der Waals surface area contributed by atoms with E-state index in [1.807, 2.05) is 25.2 Å². The molecule has 0 amide bonds. The second-order valence-corrected chi connectivity index (χ2v) is 5.01. The van der Waals surface area contributed by atoms with E-state index in [-0.39, 0.29) is 6.04 Å². The molecular weight excluding hydrogens is 246 g/mol. The molecular formula is C18H23NO. The van der Waals surface area contributed by atoms with Crippen molar-refractivity contribution in [2.45, 2.75) is 26.3 Å². The van der Waals surface area contributed by atoms with Crippen molar-refractivity contribution < 1.29 is 4.74 Å². The van der Waals surface area contributed by atoms with Gasteiger partial charge in [0.15, 0.2) is 0 Å². The third-order valence-corrected chi connectivity index (χ3v) is 3.64. The van der Waals surface area contributed by atoms with E-state index in [9.17, 15) is 0 Å². The topological polar surface area (TPSA) is 21.3 Å². The Morgan fingerprint density at radius 1 is 1.05 bits per heavy atom. The largest absolute Gasteiger partial charge is 0.491 e. The second-order valence-electron chi connectivity index (χ2n) is 5.01. The first-order valence-corrected chi connectivity index (χ1v) is 7.19. The SMILES string of the molecule is CCc1ccc(C(COc2ccccc2C)NC)cc1. The predicted octanol–water partition coefficient (Wildman–Crippen LogP) is 3.90. The van der Waals surface area contributed by atoms with Gasteiger partial charge in [0.1, 0.15) is 12.4 Å². The van der Waals surface area contributed by atoms with E-state index in [4.69, 9.17) is 4.74 Å². The first-order chi connectivity index (χ1) is 9.74. The number of ether oxygens (including phenoxy) is 1. The molecule has 2 aromatic rings. The summed E-state index contributed by atoms with van der Waals surface area (Å²) in [4.78, 5) is 0. The summed E-state index contributed by atoms with van der Waals surface area (Å²) in [6.45, 7) is 4.87. The fourth-order valence-electron chi connectivity index (χ4n) is 2.22. The average molecular weight is 269 g/mol. The summed E-state index contributed by atoms with van der Waals surface area (Å²) in [5.41, 5.74) is 3.80. The first kappa shape index (κ1) is 14.6. The Morgan fingerprint density at radius 3 is 2.35 bits per heavy atom. The lowest BCUT2D eigenvalue weighted by Crippen LogP contribution is -2.23. The quantitative estimate of drug-likeness (QED) is 0.859. The van der Waals surface area contributed by atoms with Crippen molar-refractivity contribution in [3.63, 3.8) is 0 Å². The molecule has 106 valence electrons. The first-order valence-electron chi connectivity index (χ1n) is 7.19. The molecule has 2 aromatic carbocycles. The summed E-state index contributed by atoms with van der Waals surface area (Å²) in [6.07, 6.45) is 1.07. The van der Waals surface area contributed by atoms with E-state index in [2.05, 4.69) is 49.5 Å². The van der Waals surface area contributed by atoms with Crippen LogP contribution < -0.4 is 10.1 Å². The number of hydrogen-bond acceptors (Lipinski definition) is 2. The van der Waals surface area contributed by atoms with E-state index in [1.54, 1.807) is 0 Å². The third-order valence-electron chi connectivity index (χ3n) is 3.64. The Labute approximate surface area is 121 Å². The Balaban J connectivity index is 2.03. The molecule has 0 saturated heterocycles. The molecule has 0 fully saturated rings. The lowest BCUT2D eigenvalue weighted by atomic mass is 10.0. The summed E-state index contributed by atoms with van der Waals surface area (Å²) in [5, 5.41) is 3.32. The van der Waals surface area contributed by atoms with Crippen LogP contribution in [0.15, 0.2) is 48.5 Å². The van der Waals surface area contributed by atoms with Gasteiger partial charge in [0.05, 0.1) is 6.04 Å². The van der Waals surface area contributed by atoms with Gasteiger partial charge in [-0.1, -0.05) is 49.4 Å². The van der Waals surface area contributed by atoms with Gasteiger partial charge >= 0.3 is 0 Å². The number of benzene rings is 2. The summed E-state index contributed by atoms with van der Waals surface area (Å²) < 4.78 is 5.94. The van der Waals surface area contributed by atoms with Crippen LogP contribution in [0.3, 0.4) is 0 Å². The van der Waals surface area contributed by atoms with Crippen LogP contribution in [-0.2, 0) is 6.42 Å². The lowest BCUT2D eigenvalue weighted by molar-refractivity contribution is 0.271. The van der Waals surface area contributed by atoms with Crippen LogP contribution in [0.4, 0.5) is 0 Å². The van der Waals surface area contributed by atoms with Gasteiger partial charge in [0.2, 0.25) is 0 Å². The van der Waals surface area contributed by atoms with Crippen LogP contribution in [0.1, 0.15) is 29.7 Å². The molecule has 0 bridgehead atoms. The molecule has 0 heterocycles. The monoisotopic (exact) mass is 269 g/mol. The summed E-state index contributed by atoms with van der Waals surface area (Å²) in [6, 6.07) is 17.1. The van der Waals surface area contributed by atoms with Crippen molar-refractivity contribution in [2.24, 2.45) is 0 Å². The van der Waals surface area contributed by atoms with Crippen LogP contribution in [0.2, 0.25) is 0 Å². The molecule has 0 aliphatic heterocycles. The van der Waals surface area contributed by atoms with Gasteiger partial charge in [0.25, 0.3) is 0 Å². The van der Waals surface area contributed by atoms with E-state index in [1.165, 1.54) is 16.7 Å². The van der Waals surface area contributed by atoms with Gasteiger partial charge in [-0.2, -0.15) is 0 Å². The van der Waals surface area contributed by atoms with Crippen molar-refractivity contribution in [3.05, 3.63) is 65.2 Å². The fourth-order valence-corrected chi connectivity index (χ4v) is 2.22. The van der Waals surface area contributed by atoms with Crippen molar-refractivity contribution in [2.75, 3.05) is 13.7 Å². The Bertz CT molecular complexity index is 533. The molecule has 0 saturated carbocycles. The Hall–Kier alpha value is -1.80.